The molecular weight excluding hydrogens is 342 g/mol. The van der Waals surface area contributed by atoms with Crippen LogP contribution in [0.4, 0.5) is 0 Å². The Bertz CT molecular complexity index is 987. The summed E-state index contributed by atoms with van der Waals surface area (Å²) in [5.41, 5.74) is 3.84. The number of benzene rings is 1. The monoisotopic (exact) mass is 368 g/mol. The van der Waals surface area contributed by atoms with E-state index in [0.29, 0.717) is 5.92 Å². The van der Waals surface area contributed by atoms with Crippen LogP contribution in [0.15, 0.2) is 29.1 Å². The fraction of sp³-hybridized carbons (Fsp3) is 0.429. The molecule has 3 N–H and O–H groups in total. The van der Waals surface area contributed by atoms with E-state index in [1.54, 1.807) is 11.3 Å². The zero-order chi connectivity index (χ0) is 18.3. The molecule has 1 aliphatic carbocycles. The number of hydrogen-bond acceptors (Lipinski definition) is 3. The van der Waals surface area contributed by atoms with E-state index >= 15 is 0 Å². The zero-order valence-electron chi connectivity index (χ0n) is 15.6. The standard InChI is InChI=1S/C21H25N3OS/c1-12-4-7-15(8-5-12)11-22-14(3)19-23-20(25)18-16-9-6-13(2)10-17(16)26-21(18)24-19/h4-5,7-8,13-14,22H,6,9-11H2,1-3H3,(H,23,24,25)/p+1/t13-,14+/m1/s1. The van der Waals surface area contributed by atoms with E-state index in [1.165, 1.54) is 28.0 Å². The summed E-state index contributed by atoms with van der Waals surface area (Å²) in [6, 6.07) is 8.71. The number of aromatic nitrogens is 2. The minimum Gasteiger partial charge on any atom is -0.334 e. The van der Waals surface area contributed by atoms with Crippen molar-refractivity contribution in [3.8, 4) is 0 Å². The molecule has 0 aliphatic heterocycles. The van der Waals surface area contributed by atoms with Crippen LogP contribution in [-0.2, 0) is 19.4 Å². The van der Waals surface area contributed by atoms with E-state index in [9.17, 15) is 4.79 Å². The molecular formula is C21H26N3OS+. The highest BCUT2D eigenvalue weighted by Gasteiger charge is 2.24. The maximum Gasteiger partial charge on any atom is 0.260 e. The van der Waals surface area contributed by atoms with E-state index in [-0.39, 0.29) is 11.6 Å². The van der Waals surface area contributed by atoms with Gasteiger partial charge in [-0.1, -0.05) is 36.8 Å². The predicted octanol–water partition coefficient (Wildman–Crippen LogP) is 3.24. The van der Waals surface area contributed by atoms with Gasteiger partial charge in [0.25, 0.3) is 5.56 Å². The normalized spacial score (nSPS) is 18.0. The molecule has 136 valence electrons. The summed E-state index contributed by atoms with van der Waals surface area (Å²) in [7, 11) is 0. The largest absolute Gasteiger partial charge is 0.334 e. The van der Waals surface area contributed by atoms with Gasteiger partial charge in [0.2, 0.25) is 0 Å². The third-order valence-corrected chi connectivity index (χ3v) is 6.59. The van der Waals surface area contributed by atoms with Crippen molar-refractivity contribution < 1.29 is 5.32 Å². The van der Waals surface area contributed by atoms with Crippen molar-refractivity contribution >= 4 is 21.6 Å². The number of aromatic amines is 1. The van der Waals surface area contributed by atoms with E-state index in [0.717, 1.165) is 35.4 Å². The van der Waals surface area contributed by atoms with Gasteiger partial charge in [-0.3, -0.25) is 4.79 Å². The fourth-order valence-electron chi connectivity index (χ4n) is 3.73. The summed E-state index contributed by atoms with van der Waals surface area (Å²) in [6.45, 7) is 7.37. The Hall–Kier alpha value is -1.98. The lowest BCUT2D eigenvalue weighted by molar-refractivity contribution is -0.709. The Morgan fingerprint density at radius 2 is 2.12 bits per heavy atom. The van der Waals surface area contributed by atoms with Gasteiger partial charge >= 0.3 is 0 Å². The van der Waals surface area contributed by atoms with E-state index in [2.05, 4.69) is 55.3 Å². The summed E-state index contributed by atoms with van der Waals surface area (Å²) in [6.07, 6.45) is 3.26. The summed E-state index contributed by atoms with van der Waals surface area (Å²) in [5, 5.41) is 3.07. The third kappa shape index (κ3) is 3.33. The molecule has 1 aliphatic rings. The number of nitrogens with two attached hydrogens (primary N) is 1. The molecule has 0 amide bonds. The summed E-state index contributed by atoms with van der Waals surface area (Å²) in [5.74, 6) is 1.48. The Kier molecular flexibility index (Phi) is 4.67. The van der Waals surface area contributed by atoms with Gasteiger partial charge in [-0.25, -0.2) is 4.98 Å². The molecule has 0 saturated heterocycles. The van der Waals surface area contributed by atoms with E-state index in [1.807, 2.05) is 0 Å². The lowest BCUT2D eigenvalue weighted by Gasteiger charge is -2.17. The first-order valence-electron chi connectivity index (χ1n) is 9.44. The van der Waals surface area contributed by atoms with Crippen LogP contribution in [0.25, 0.3) is 10.2 Å². The molecule has 0 spiro atoms. The summed E-state index contributed by atoms with van der Waals surface area (Å²) >= 11 is 1.72. The van der Waals surface area contributed by atoms with Crippen molar-refractivity contribution in [1.82, 2.24) is 9.97 Å². The summed E-state index contributed by atoms with van der Waals surface area (Å²) in [4.78, 5) is 22.9. The molecule has 0 fully saturated rings. The smallest absolute Gasteiger partial charge is 0.260 e. The Morgan fingerprint density at radius 1 is 1.35 bits per heavy atom. The van der Waals surface area contributed by atoms with Crippen LogP contribution >= 0.6 is 11.3 Å². The van der Waals surface area contributed by atoms with Crippen molar-refractivity contribution in [3.63, 3.8) is 0 Å². The van der Waals surface area contributed by atoms with E-state index < -0.39 is 0 Å². The van der Waals surface area contributed by atoms with Crippen LogP contribution in [0.2, 0.25) is 0 Å². The Balaban J connectivity index is 1.58. The Morgan fingerprint density at radius 3 is 2.88 bits per heavy atom. The first kappa shape index (κ1) is 17.4. The quantitative estimate of drug-likeness (QED) is 0.743. The third-order valence-electron chi connectivity index (χ3n) is 5.44. The summed E-state index contributed by atoms with van der Waals surface area (Å²) < 4.78 is 0. The minimum atomic E-state index is 0.0349. The van der Waals surface area contributed by atoms with Crippen molar-refractivity contribution in [2.75, 3.05) is 0 Å². The second-order valence-corrected chi connectivity index (χ2v) is 8.78. The maximum atomic E-state index is 12.7. The molecule has 5 heteroatoms. The molecule has 3 aromatic rings. The molecule has 0 bridgehead atoms. The van der Waals surface area contributed by atoms with Crippen molar-refractivity contribution in [3.05, 3.63) is 62.0 Å². The van der Waals surface area contributed by atoms with Gasteiger partial charge < -0.3 is 10.3 Å². The highest BCUT2D eigenvalue weighted by molar-refractivity contribution is 7.18. The molecule has 2 atom stereocenters. The minimum absolute atomic E-state index is 0.0349. The molecule has 4 rings (SSSR count). The highest BCUT2D eigenvalue weighted by Crippen LogP contribution is 2.35. The first-order chi connectivity index (χ1) is 12.5. The van der Waals surface area contributed by atoms with Crippen LogP contribution < -0.4 is 10.9 Å². The molecule has 26 heavy (non-hydrogen) atoms. The first-order valence-corrected chi connectivity index (χ1v) is 10.3. The van der Waals surface area contributed by atoms with Crippen molar-refractivity contribution in [2.24, 2.45) is 5.92 Å². The van der Waals surface area contributed by atoms with Crippen LogP contribution in [0.1, 0.15) is 53.7 Å². The number of quaternary nitrogens is 1. The molecule has 0 unspecified atom stereocenters. The van der Waals surface area contributed by atoms with Crippen molar-refractivity contribution in [1.29, 1.82) is 0 Å². The number of fused-ring (bicyclic) bond motifs is 3. The van der Waals surface area contributed by atoms with Crippen molar-refractivity contribution in [2.45, 2.75) is 52.6 Å². The van der Waals surface area contributed by atoms with Gasteiger partial charge in [-0.05, 0) is 44.6 Å². The molecule has 0 radical (unpaired) electrons. The number of H-pyrrole nitrogens is 1. The SMILES string of the molecule is Cc1ccc(C[NH2+][C@@H](C)c2nc3sc4c(c3c(=O)[nH]2)CC[C@@H](C)C4)cc1. The molecule has 4 nitrogen and oxygen atoms in total. The zero-order valence-corrected chi connectivity index (χ0v) is 16.5. The molecule has 1 aromatic carbocycles. The second kappa shape index (κ2) is 6.97. The molecule has 2 aromatic heterocycles. The van der Waals surface area contributed by atoms with Crippen LogP contribution in [0.5, 0.6) is 0 Å². The average molecular weight is 369 g/mol. The van der Waals surface area contributed by atoms with Gasteiger partial charge in [0.15, 0.2) is 5.82 Å². The average Bonchev–Trinajstić information content (AvgIpc) is 2.98. The van der Waals surface area contributed by atoms with Gasteiger partial charge in [0.1, 0.15) is 17.4 Å². The Labute approximate surface area is 157 Å². The fourth-order valence-corrected chi connectivity index (χ4v) is 5.12. The van der Waals surface area contributed by atoms with Gasteiger partial charge in [-0.2, -0.15) is 0 Å². The number of aryl methyl sites for hydroxylation is 2. The highest BCUT2D eigenvalue weighted by atomic mass is 32.1. The molecule has 2 heterocycles. The van der Waals surface area contributed by atoms with Crippen LogP contribution in [0.3, 0.4) is 0 Å². The lowest BCUT2D eigenvalue weighted by atomic mass is 9.89. The number of thiophene rings is 1. The van der Waals surface area contributed by atoms with Crippen LogP contribution in [0, 0.1) is 12.8 Å². The molecule has 0 saturated carbocycles. The van der Waals surface area contributed by atoms with Crippen LogP contribution in [-0.4, -0.2) is 9.97 Å². The van der Waals surface area contributed by atoms with Gasteiger partial charge in [0, 0.05) is 10.4 Å². The number of rotatable bonds is 4. The number of nitrogens with one attached hydrogen (secondary N) is 1. The number of nitrogens with zero attached hydrogens (tertiary/aromatic N) is 1. The topological polar surface area (TPSA) is 62.4 Å². The predicted molar refractivity (Wildman–Crippen MR) is 107 cm³/mol. The van der Waals surface area contributed by atoms with Gasteiger partial charge in [0.05, 0.1) is 5.39 Å². The number of hydrogen-bond donors (Lipinski definition) is 2. The van der Waals surface area contributed by atoms with Gasteiger partial charge in [-0.15, -0.1) is 11.3 Å². The maximum absolute atomic E-state index is 12.7. The van der Waals surface area contributed by atoms with E-state index in [4.69, 9.17) is 4.98 Å². The lowest BCUT2D eigenvalue weighted by Crippen LogP contribution is -2.83. The second-order valence-electron chi connectivity index (χ2n) is 7.70.